The Bertz CT molecular complexity index is 698. The molecule has 22 heavy (non-hydrogen) atoms. The van der Waals surface area contributed by atoms with Gasteiger partial charge in [-0.2, -0.15) is 5.10 Å². The maximum Gasteiger partial charge on any atom is 0.225 e. The van der Waals surface area contributed by atoms with Crippen LogP contribution in [0.1, 0.15) is 12.1 Å². The topological polar surface area (TPSA) is 50.1 Å². The lowest BCUT2D eigenvalue weighted by molar-refractivity contribution is -0.131. The Morgan fingerprint density at radius 2 is 2.23 bits per heavy atom. The summed E-state index contributed by atoms with van der Waals surface area (Å²) in [7, 11) is 1.90. The fourth-order valence-corrected chi connectivity index (χ4v) is 3.51. The normalized spacial score (nSPS) is 26.4. The van der Waals surface area contributed by atoms with Gasteiger partial charge in [0.1, 0.15) is 0 Å². The highest BCUT2D eigenvalue weighted by Gasteiger charge is 2.39. The van der Waals surface area contributed by atoms with Crippen molar-refractivity contribution in [2.24, 2.45) is 0 Å². The number of pyridine rings is 1. The standard InChI is InChI=1S/C16H20N4O2/c1-18-14-10-19(11-15(14)22-8-6-16(18)21)9-13-4-2-3-12-5-7-17-20(12)13/h2-5,7,14-15H,6,8-11H2,1H3/t14-,15-/m0/s1. The minimum Gasteiger partial charge on any atom is -0.374 e. The van der Waals surface area contributed by atoms with Gasteiger partial charge in [0.2, 0.25) is 5.91 Å². The second-order valence-electron chi connectivity index (χ2n) is 6.11. The van der Waals surface area contributed by atoms with E-state index < -0.39 is 0 Å². The Hall–Kier alpha value is -1.92. The second-order valence-corrected chi connectivity index (χ2v) is 6.11. The molecular weight excluding hydrogens is 280 g/mol. The van der Waals surface area contributed by atoms with Gasteiger partial charge >= 0.3 is 0 Å². The zero-order valence-corrected chi connectivity index (χ0v) is 12.7. The molecule has 2 aromatic heterocycles. The molecule has 0 unspecified atom stereocenters. The molecule has 0 saturated carbocycles. The van der Waals surface area contributed by atoms with Crippen molar-refractivity contribution in [3.63, 3.8) is 0 Å². The summed E-state index contributed by atoms with van der Waals surface area (Å²) in [4.78, 5) is 16.2. The van der Waals surface area contributed by atoms with E-state index in [9.17, 15) is 4.79 Å². The van der Waals surface area contributed by atoms with Gasteiger partial charge in [0.15, 0.2) is 0 Å². The Morgan fingerprint density at radius 3 is 3.14 bits per heavy atom. The number of carbonyl (C=O) groups is 1. The lowest BCUT2D eigenvalue weighted by Crippen LogP contribution is -2.42. The first-order valence-corrected chi connectivity index (χ1v) is 7.73. The molecule has 2 aromatic rings. The third-order valence-electron chi connectivity index (χ3n) is 4.74. The highest BCUT2D eigenvalue weighted by Crippen LogP contribution is 2.23. The Morgan fingerprint density at radius 1 is 1.32 bits per heavy atom. The molecule has 2 aliphatic heterocycles. The number of aromatic nitrogens is 2. The molecule has 1 amide bonds. The van der Waals surface area contributed by atoms with Crippen molar-refractivity contribution in [2.75, 3.05) is 26.7 Å². The Kier molecular flexibility index (Phi) is 3.35. The smallest absolute Gasteiger partial charge is 0.225 e. The van der Waals surface area contributed by atoms with Crippen LogP contribution in [-0.2, 0) is 16.1 Å². The summed E-state index contributed by atoms with van der Waals surface area (Å²) in [6.07, 6.45) is 2.44. The van der Waals surface area contributed by atoms with E-state index in [0.29, 0.717) is 13.0 Å². The van der Waals surface area contributed by atoms with Crippen LogP contribution in [-0.4, -0.2) is 64.2 Å². The first-order chi connectivity index (χ1) is 10.7. The Labute approximate surface area is 129 Å². The van der Waals surface area contributed by atoms with Gasteiger partial charge in [0.05, 0.1) is 36.4 Å². The van der Waals surface area contributed by atoms with Crippen LogP contribution in [0.3, 0.4) is 0 Å². The Balaban J connectivity index is 1.53. The van der Waals surface area contributed by atoms with Crippen molar-refractivity contribution < 1.29 is 9.53 Å². The average Bonchev–Trinajstić information content (AvgIpc) is 3.11. The summed E-state index contributed by atoms with van der Waals surface area (Å²) in [6, 6.07) is 8.38. The summed E-state index contributed by atoms with van der Waals surface area (Å²) in [5, 5.41) is 4.39. The van der Waals surface area contributed by atoms with E-state index in [1.54, 1.807) is 0 Å². The summed E-state index contributed by atoms with van der Waals surface area (Å²) in [6.45, 7) is 3.06. The molecule has 2 fully saturated rings. The van der Waals surface area contributed by atoms with Crippen LogP contribution < -0.4 is 0 Å². The average molecular weight is 300 g/mol. The number of hydrogen-bond donors (Lipinski definition) is 0. The number of amides is 1. The van der Waals surface area contributed by atoms with Crippen molar-refractivity contribution in [1.82, 2.24) is 19.4 Å². The number of ether oxygens (including phenoxy) is 1. The molecule has 6 heteroatoms. The van der Waals surface area contributed by atoms with E-state index in [0.717, 1.165) is 30.8 Å². The fourth-order valence-electron chi connectivity index (χ4n) is 3.51. The van der Waals surface area contributed by atoms with Crippen molar-refractivity contribution in [1.29, 1.82) is 0 Å². The molecule has 2 saturated heterocycles. The third-order valence-corrected chi connectivity index (χ3v) is 4.74. The number of fused-ring (bicyclic) bond motifs is 2. The zero-order chi connectivity index (χ0) is 15.1. The summed E-state index contributed by atoms with van der Waals surface area (Å²) >= 11 is 0. The van der Waals surface area contributed by atoms with Gasteiger partial charge in [-0.05, 0) is 18.2 Å². The van der Waals surface area contributed by atoms with Crippen LogP contribution in [0, 0.1) is 0 Å². The maximum atomic E-state index is 12.0. The molecule has 4 rings (SSSR count). The fraction of sp³-hybridized carbons (Fsp3) is 0.500. The lowest BCUT2D eigenvalue weighted by atomic mass is 10.2. The quantitative estimate of drug-likeness (QED) is 0.822. The van der Waals surface area contributed by atoms with Gasteiger partial charge < -0.3 is 9.64 Å². The van der Waals surface area contributed by atoms with Crippen LogP contribution in [0.5, 0.6) is 0 Å². The van der Waals surface area contributed by atoms with E-state index in [2.05, 4.69) is 28.2 Å². The molecule has 2 atom stereocenters. The van der Waals surface area contributed by atoms with Crippen molar-refractivity contribution in [2.45, 2.75) is 25.1 Å². The largest absolute Gasteiger partial charge is 0.374 e. The minimum atomic E-state index is 0.119. The predicted molar refractivity (Wildman–Crippen MR) is 81.4 cm³/mol. The van der Waals surface area contributed by atoms with E-state index in [1.165, 1.54) is 0 Å². The number of likely N-dealkylation sites (tertiary alicyclic amines) is 1. The van der Waals surface area contributed by atoms with Crippen LogP contribution in [0.4, 0.5) is 0 Å². The number of nitrogens with zero attached hydrogens (tertiary/aromatic N) is 4. The molecule has 4 heterocycles. The van der Waals surface area contributed by atoms with Crippen molar-refractivity contribution in [3.8, 4) is 0 Å². The summed E-state index contributed by atoms with van der Waals surface area (Å²) < 4.78 is 7.86. The van der Waals surface area contributed by atoms with Crippen LogP contribution in [0.2, 0.25) is 0 Å². The van der Waals surface area contributed by atoms with Crippen molar-refractivity contribution in [3.05, 3.63) is 36.2 Å². The first kappa shape index (κ1) is 13.7. The van der Waals surface area contributed by atoms with E-state index in [-0.39, 0.29) is 18.1 Å². The maximum absolute atomic E-state index is 12.0. The molecule has 0 radical (unpaired) electrons. The van der Waals surface area contributed by atoms with Gasteiger partial charge in [-0.3, -0.25) is 9.69 Å². The molecule has 116 valence electrons. The molecule has 0 spiro atoms. The number of carbonyl (C=O) groups excluding carboxylic acids is 1. The van der Waals surface area contributed by atoms with Crippen LogP contribution in [0.15, 0.2) is 30.5 Å². The number of likely N-dealkylation sites (N-methyl/N-ethyl adjacent to an activating group) is 1. The molecule has 0 bridgehead atoms. The van der Waals surface area contributed by atoms with E-state index >= 15 is 0 Å². The van der Waals surface area contributed by atoms with Crippen LogP contribution in [0.25, 0.3) is 5.52 Å². The van der Waals surface area contributed by atoms with Gasteiger partial charge in [0.25, 0.3) is 0 Å². The van der Waals surface area contributed by atoms with E-state index in [4.69, 9.17) is 4.74 Å². The molecule has 2 aliphatic rings. The molecule has 0 N–H and O–H groups in total. The van der Waals surface area contributed by atoms with Gasteiger partial charge in [-0.15, -0.1) is 0 Å². The monoisotopic (exact) mass is 300 g/mol. The van der Waals surface area contributed by atoms with E-state index in [1.807, 2.05) is 28.7 Å². The van der Waals surface area contributed by atoms with Crippen LogP contribution >= 0.6 is 0 Å². The summed E-state index contributed by atoms with van der Waals surface area (Å²) in [5.74, 6) is 0.184. The first-order valence-electron chi connectivity index (χ1n) is 7.73. The second kappa shape index (κ2) is 5.37. The third kappa shape index (κ3) is 2.28. The molecule has 0 aromatic carbocycles. The lowest BCUT2D eigenvalue weighted by Gasteiger charge is -2.25. The molecular formula is C16H20N4O2. The number of hydrogen-bond acceptors (Lipinski definition) is 4. The van der Waals surface area contributed by atoms with Gasteiger partial charge in [0, 0.05) is 32.9 Å². The number of rotatable bonds is 2. The highest BCUT2D eigenvalue weighted by molar-refractivity contribution is 5.76. The summed E-state index contributed by atoms with van der Waals surface area (Å²) in [5.41, 5.74) is 2.27. The van der Waals surface area contributed by atoms with Crippen molar-refractivity contribution >= 4 is 11.4 Å². The molecule has 6 nitrogen and oxygen atoms in total. The molecule has 0 aliphatic carbocycles. The zero-order valence-electron chi connectivity index (χ0n) is 12.7. The predicted octanol–water partition coefficient (Wildman–Crippen LogP) is 0.766. The minimum absolute atomic E-state index is 0.119. The SMILES string of the molecule is CN1C(=O)CCO[C@H]2CN(Cc3cccc4ccnn34)C[C@@H]21. The van der Waals surface area contributed by atoms with Gasteiger partial charge in [-0.25, -0.2) is 4.52 Å². The highest BCUT2D eigenvalue weighted by atomic mass is 16.5. The van der Waals surface area contributed by atoms with Gasteiger partial charge in [-0.1, -0.05) is 6.07 Å².